The van der Waals surface area contributed by atoms with Crippen LogP contribution in [0.1, 0.15) is 37.6 Å². The monoisotopic (exact) mass is 735 g/mol. The molecule has 2 unspecified atom stereocenters. The summed E-state index contributed by atoms with van der Waals surface area (Å²) in [5.74, 6) is 4.47. The number of ether oxygens (including phenoxy) is 2. The minimum atomic E-state index is -5.13. The van der Waals surface area contributed by atoms with Crippen molar-refractivity contribution in [3.8, 4) is 17.6 Å². The number of nitrogens with zero attached hydrogens (tertiary/aromatic N) is 2. The van der Waals surface area contributed by atoms with Crippen LogP contribution >= 0.6 is 18.5 Å². The fourth-order valence-electron chi connectivity index (χ4n) is 5.42. The highest BCUT2D eigenvalue weighted by molar-refractivity contribution is 7.70. The van der Waals surface area contributed by atoms with Crippen molar-refractivity contribution in [1.29, 1.82) is 0 Å². The number of thiophene rings is 1. The second-order valence-corrected chi connectivity index (χ2v) is 17.4. The van der Waals surface area contributed by atoms with Crippen LogP contribution in [0, 0.1) is 11.8 Å². The molecule has 4 rings (SSSR count). The number of carbonyl (C=O) groups is 1. The highest BCUT2D eigenvalue weighted by atomic mass is 32.1. The Kier molecular flexibility index (Phi) is 11.3. The van der Waals surface area contributed by atoms with Crippen molar-refractivity contribution in [2.45, 2.75) is 63.9 Å². The first-order valence-electron chi connectivity index (χ1n) is 15.1. The Morgan fingerprint density at radius 3 is 2.41 bits per heavy atom. The average molecular weight is 736 g/mol. The number of carbonyl (C=O) groups excluding carboxylic acids is 1. The number of halogens is 7. The number of alkyl halides is 7. The first-order valence-corrected chi connectivity index (χ1v) is 18.6. The minimum Gasteiger partial charge on any atom is -0.436 e. The summed E-state index contributed by atoms with van der Waals surface area (Å²) >= 11 is 0.992. The Labute approximate surface area is 284 Å². The molecule has 49 heavy (non-hydrogen) atoms. The van der Waals surface area contributed by atoms with Crippen LogP contribution in [0.15, 0.2) is 36.4 Å². The summed E-state index contributed by atoms with van der Waals surface area (Å²) in [5.41, 5.74) is -1.06. The largest absolute Gasteiger partial charge is 0.573 e. The number of piperidine rings is 1. The Morgan fingerprint density at radius 1 is 1.12 bits per heavy atom. The van der Waals surface area contributed by atoms with Gasteiger partial charge in [0.05, 0.1) is 33.4 Å². The highest BCUT2D eigenvalue weighted by Gasteiger charge is 2.38. The molecule has 1 aromatic heterocycles. The molecule has 2 heterocycles. The molecule has 0 spiro atoms. The average Bonchev–Trinajstić information content (AvgIpc) is 3.28. The number of nitrogens with one attached hydrogen (secondary N) is 1. The maximum Gasteiger partial charge on any atom is 0.573 e. The zero-order valence-corrected chi connectivity index (χ0v) is 29.4. The van der Waals surface area contributed by atoms with E-state index in [0.29, 0.717) is 28.7 Å². The van der Waals surface area contributed by atoms with Crippen molar-refractivity contribution >= 4 is 51.3 Å². The summed E-state index contributed by atoms with van der Waals surface area (Å²) in [6.07, 6.45) is -12.8. The third-order valence-electron chi connectivity index (χ3n) is 7.64. The van der Waals surface area contributed by atoms with E-state index in [2.05, 4.69) is 21.9 Å². The maximum atomic E-state index is 14.8. The molecule has 1 N–H and O–H groups in total. The topological polar surface area (TPSA) is 71.1 Å². The van der Waals surface area contributed by atoms with Gasteiger partial charge in [0, 0.05) is 23.9 Å². The Hall–Kier alpha value is -3.47. The molecule has 1 aliphatic rings. The van der Waals surface area contributed by atoms with E-state index in [9.17, 15) is 40.1 Å². The molecule has 0 radical (unpaired) electrons. The molecule has 0 bridgehead atoms. The summed E-state index contributed by atoms with van der Waals surface area (Å²) < 4.78 is 119. The number of benzene rings is 2. The first-order chi connectivity index (χ1) is 22.5. The number of amides is 1. The highest BCUT2D eigenvalue weighted by Crippen LogP contribution is 2.42. The van der Waals surface area contributed by atoms with Crippen LogP contribution in [0.25, 0.3) is 10.1 Å². The zero-order valence-electron chi connectivity index (χ0n) is 27.7. The van der Waals surface area contributed by atoms with Gasteiger partial charge in [-0.05, 0) is 82.8 Å². The quantitative estimate of drug-likeness (QED) is 0.149. The van der Waals surface area contributed by atoms with E-state index in [1.165, 1.54) is 31.5 Å². The van der Waals surface area contributed by atoms with E-state index in [1.807, 2.05) is 11.9 Å². The van der Waals surface area contributed by atoms with Crippen molar-refractivity contribution < 1.29 is 49.6 Å². The van der Waals surface area contributed by atoms with Gasteiger partial charge in [0.2, 0.25) is 0 Å². The molecule has 1 aliphatic heterocycles. The number of fused-ring (bicyclic) bond motifs is 1. The van der Waals surface area contributed by atoms with Gasteiger partial charge in [0.1, 0.15) is 13.3 Å². The van der Waals surface area contributed by atoms with E-state index in [0.717, 1.165) is 22.3 Å². The molecular formula is C33H37F7N3O4PS. The molecular weight excluding hydrogens is 698 g/mol. The molecule has 1 fully saturated rings. The van der Waals surface area contributed by atoms with Crippen molar-refractivity contribution in [3.63, 3.8) is 0 Å². The van der Waals surface area contributed by atoms with Gasteiger partial charge in [-0.1, -0.05) is 24.0 Å². The van der Waals surface area contributed by atoms with Gasteiger partial charge in [-0.2, -0.15) is 13.2 Å². The summed E-state index contributed by atoms with van der Waals surface area (Å²) in [4.78, 5) is 16.2. The Bertz CT molecular complexity index is 1790. The van der Waals surface area contributed by atoms with E-state index in [-0.39, 0.29) is 28.0 Å². The molecule has 2 atom stereocenters. The van der Waals surface area contributed by atoms with Crippen molar-refractivity contribution in [2.75, 3.05) is 50.3 Å². The lowest BCUT2D eigenvalue weighted by Crippen LogP contribution is -2.46. The zero-order chi connectivity index (χ0) is 36.5. The van der Waals surface area contributed by atoms with Crippen LogP contribution in [0.4, 0.5) is 46.9 Å². The smallest absolute Gasteiger partial charge is 0.436 e. The summed E-state index contributed by atoms with van der Waals surface area (Å²) in [6, 6.07) is 7.74. The molecule has 0 aliphatic carbocycles. The lowest BCUT2D eigenvalue weighted by atomic mass is 10.0. The lowest BCUT2D eigenvalue weighted by molar-refractivity contribution is -0.274. The predicted octanol–water partition coefficient (Wildman–Crippen LogP) is 8.40. The van der Waals surface area contributed by atoms with Crippen molar-refractivity contribution in [1.82, 2.24) is 4.90 Å². The SMILES string of the molecule is CN1CCC(Nc2cccc3c(CC(F)(F)F)c(C#CCOC(=O)N(c4ccc(P(C)(C)=O)cc4OC(F)(F)F)C(C)(C)C)sc23)C(F)C1. The normalized spacial score (nSPS) is 17.7. The Balaban J connectivity index is 1.63. The van der Waals surface area contributed by atoms with Crippen LogP contribution in [-0.2, 0) is 15.7 Å². The summed E-state index contributed by atoms with van der Waals surface area (Å²) in [6.45, 7) is 7.63. The molecule has 0 saturated carbocycles. The van der Waals surface area contributed by atoms with Crippen molar-refractivity contribution in [3.05, 3.63) is 46.8 Å². The number of hydrogen-bond donors (Lipinski definition) is 1. The maximum absolute atomic E-state index is 14.8. The van der Waals surface area contributed by atoms with Crippen LogP contribution in [0.2, 0.25) is 0 Å². The van der Waals surface area contributed by atoms with Crippen LogP contribution in [0.3, 0.4) is 0 Å². The lowest BCUT2D eigenvalue weighted by Gasteiger charge is -2.35. The molecule has 3 aromatic rings. The molecule has 268 valence electrons. The van der Waals surface area contributed by atoms with Gasteiger partial charge in [-0.3, -0.25) is 4.90 Å². The predicted molar refractivity (Wildman–Crippen MR) is 179 cm³/mol. The van der Waals surface area contributed by atoms with E-state index in [4.69, 9.17) is 4.74 Å². The third kappa shape index (κ3) is 10.0. The molecule has 1 saturated heterocycles. The van der Waals surface area contributed by atoms with Crippen LogP contribution in [0.5, 0.6) is 5.75 Å². The fraction of sp³-hybridized carbons (Fsp3) is 0.485. The first kappa shape index (κ1) is 38.3. The van der Waals surface area contributed by atoms with E-state index in [1.54, 1.807) is 32.9 Å². The summed E-state index contributed by atoms with van der Waals surface area (Å²) in [5, 5.41) is 3.56. The number of hydrogen-bond acceptors (Lipinski definition) is 7. The second-order valence-electron chi connectivity index (χ2n) is 13.1. The van der Waals surface area contributed by atoms with Gasteiger partial charge < -0.3 is 24.3 Å². The van der Waals surface area contributed by atoms with Gasteiger partial charge >= 0.3 is 18.6 Å². The molecule has 16 heteroatoms. The van der Waals surface area contributed by atoms with E-state index < -0.39 is 62.3 Å². The number of rotatable bonds is 7. The van der Waals surface area contributed by atoms with Gasteiger partial charge in [-0.15, -0.1) is 24.5 Å². The molecule has 1 amide bonds. The molecule has 7 nitrogen and oxygen atoms in total. The minimum absolute atomic E-state index is 0.0745. The Morgan fingerprint density at radius 2 is 1.82 bits per heavy atom. The number of likely N-dealkylation sites (tertiary alicyclic amines) is 1. The van der Waals surface area contributed by atoms with Gasteiger partial charge in [0.15, 0.2) is 12.4 Å². The van der Waals surface area contributed by atoms with Crippen LogP contribution in [-0.4, -0.2) is 81.4 Å². The van der Waals surface area contributed by atoms with Crippen molar-refractivity contribution in [2.24, 2.45) is 0 Å². The second kappa shape index (κ2) is 14.4. The summed E-state index contributed by atoms with van der Waals surface area (Å²) in [7, 11) is -1.21. The third-order valence-corrected chi connectivity index (χ3v) is 10.4. The standard InChI is InChI=1S/C33H37F7N3O4PS/c1-31(2,3)43(26-13-12-20(48(5,6)45)17-27(26)47-33(38,39)40)30(44)46-16-8-11-28-22(18-32(35,36)37)21-9-7-10-25(29(21)49-28)41-24-14-15-42(4)19-23(24)34/h7,9-10,12-13,17,23-24,41H,14-16,18-19H2,1-6H3. The molecule has 2 aromatic carbocycles. The van der Waals surface area contributed by atoms with Gasteiger partial charge in [0.25, 0.3) is 0 Å². The van der Waals surface area contributed by atoms with E-state index >= 15 is 0 Å². The number of anilines is 2. The van der Waals surface area contributed by atoms with Crippen LogP contribution < -0.4 is 20.3 Å². The fourth-order valence-corrected chi connectivity index (χ4v) is 7.45. The van der Waals surface area contributed by atoms with Gasteiger partial charge in [-0.25, -0.2) is 9.18 Å².